The van der Waals surface area contributed by atoms with Gasteiger partial charge in [-0.15, -0.1) is 0 Å². The molecule has 1 aliphatic heterocycles. The molecule has 0 bridgehead atoms. The lowest BCUT2D eigenvalue weighted by atomic mass is 10.2. The summed E-state index contributed by atoms with van der Waals surface area (Å²) >= 11 is 0. The molecule has 1 aliphatic rings. The second-order valence-electron chi connectivity index (χ2n) is 2.47. The van der Waals surface area contributed by atoms with Gasteiger partial charge >= 0.3 is 8.45 Å². The van der Waals surface area contributed by atoms with Crippen molar-refractivity contribution in [3.05, 3.63) is 29.8 Å². The van der Waals surface area contributed by atoms with Gasteiger partial charge in [-0.3, -0.25) is 0 Å². The van der Waals surface area contributed by atoms with Gasteiger partial charge in [0.05, 0.1) is 11.6 Å². The van der Waals surface area contributed by atoms with E-state index in [2.05, 4.69) is 20.0 Å². The molecule has 2 rings (SSSR count). The standard InChI is InChI=1S/C7H5N4OP3/c8-5-6-1-3-7(4-2-6)12-15-10-13-9-14-11-15/h1-4H,(H,9,10,11). The van der Waals surface area contributed by atoms with Crippen molar-refractivity contribution < 1.29 is 4.52 Å². The van der Waals surface area contributed by atoms with Gasteiger partial charge in [0.25, 0.3) is 0 Å². The second kappa shape index (κ2) is 5.26. The molecule has 1 aromatic rings. The minimum Gasteiger partial charge on any atom is -0.439 e. The van der Waals surface area contributed by atoms with Crippen LogP contribution >= 0.6 is 25.5 Å². The van der Waals surface area contributed by atoms with Crippen molar-refractivity contribution in [3.8, 4) is 11.8 Å². The van der Waals surface area contributed by atoms with Gasteiger partial charge in [0, 0.05) is 0 Å². The lowest BCUT2D eigenvalue weighted by Gasteiger charge is -2.11. The number of nitriles is 1. The van der Waals surface area contributed by atoms with E-state index in [0.29, 0.717) is 19.8 Å². The number of nitrogens with one attached hydrogen (secondary N) is 1. The third kappa shape index (κ3) is 3.02. The molecule has 0 fully saturated rings. The van der Waals surface area contributed by atoms with Crippen LogP contribution in [0.5, 0.6) is 5.75 Å². The van der Waals surface area contributed by atoms with Crippen LogP contribution in [-0.4, -0.2) is 0 Å². The second-order valence-corrected chi connectivity index (χ2v) is 5.81. The molecule has 0 saturated heterocycles. The quantitative estimate of drug-likeness (QED) is 0.814. The SMILES string of the molecule is N#Cc1ccc(OP2N=PN=PN2)cc1. The fourth-order valence-electron chi connectivity index (χ4n) is 0.881. The smallest absolute Gasteiger partial charge is 0.311 e. The van der Waals surface area contributed by atoms with Crippen molar-refractivity contribution in [2.24, 2.45) is 9.03 Å². The topological polar surface area (TPSA) is 69.8 Å². The van der Waals surface area contributed by atoms with Crippen LogP contribution in [-0.2, 0) is 0 Å². The maximum absolute atomic E-state index is 8.62. The molecule has 74 valence electrons. The summed E-state index contributed by atoms with van der Waals surface area (Å²) < 4.78 is 13.6. The van der Waals surface area contributed by atoms with Crippen molar-refractivity contribution >= 4 is 25.5 Å². The molecule has 15 heavy (non-hydrogen) atoms. The van der Waals surface area contributed by atoms with Crippen LogP contribution in [0.1, 0.15) is 5.56 Å². The van der Waals surface area contributed by atoms with E-state index in [1.54, 1.807) is 24.3 Å². The van der Waals surface area contributed by atoms with Gasteiger partial charge in [-0.25, -0.2) is 0 Å². The summed E-state index contributed by atoms with van der Waals surface area (Å²) in [6.45, 7) is 0. The van der Waals surface area contributed by atoms with Crippen LogP contribution in [0.15, 0.2) is 33.3 Å². The third-order valence-corrected chi connectivity index (χ3v) is 4.59. The molecule has 5 nitrogen and oxygen atoms in total. The summed E-state index contributed by atoms with van der Waals surface area (Å²) in [6, 6.07) is 9.01. The van der Waals surface area contributed by atoms with Crippen LogP contribution in [0.25, 0.3) is 0 Å². The Morgan fingerprint density at radius 3 is 2.80 bits per heavy atom. The van der Waals surface area contributed by atoms with Crippen LogP contribution < -0.4 is 9.38 Å². The predicted octanol–water partition coefficient (Wildman–Crippen LogP) is 3.86. The van der Waals surface area contributed by atoms with Gasteiger partial charge in [-0.05, 0) is 24.3 Å². The first-order valence-electron chi connectivity index (χ1n) is 3.93. The van der Waals surface area contributed by atoms with Crippen LogP contribution in [0, 0.1) is 11.3 Å². The number of benzene rings is 1. The molecule has 8 heteroatoms. The Balaban J connectivity index is 2.02. The molecule has 1 unspecified atom stereocenters. The zero-order valence-electron chi connectivity index (χ0n) is 7.40. The Morgan fingerprint density at radius 2 is 2.20 bits per heavy atom. The van der Waals surface area contributed by atoms with E-state index in [9.17, 15) is 0 Å². The van der Waals surface area contributed by atoms with E-state index in [1.165, 1.54) is 0 Å². The highest BCUT2D eigenvalue weighted by atomic mass is 31.2. The fourth-order valence-corrected chi connectivity index (χ4v) is 3.77. The highest BCUT2D eigenvalue weighted by molar-refractivity contribution is 7.64. The zero-order valence-corrected chi connectivity index (χ0v) is 10.1. The number of rotatable bonds is 2. The fraction of sp³-hybridized carbons (Fsp3) is 0. The van der Waals surface area contributed by atoms with E-state index >= 15 is 0 Å². The van der Waals surface area contributed by atoms with Crippen molar-refractivity contribution in [1.82, 2.24) is 4.86 Å². The Labute approximate surface area is 91.3 Å². The number of hydrogen-bond acceptors (Lipinski definition) is 5. The van der Waals surface area contributed by atoms with Crippen molar-refractivity contribution in [2.75, 3.05) is 0 Å². The zero-order chi connectivity index (χ0) is 10.5. The Kier molecular flexibility index (Phi) is 3.72. The van der Waals surface area contributed by atoms with Gasteiger partial charge in [0.15, 0.2) is 8.52 Å². The average molecular weight is 254 g/mol. The van der Waals surface area contributed by atoms with Crippen LogP contribution in [0.4, 0.5) is 0 Å². The highest BCUT2D eigenvalue weighted by Crippen LogP contribution is 2.44. The highest BCUT2D eigenvalue weighted by Gasteiger charge is 2.10. The van der Waals surface area contributed by atoms with Gasteiger partial charge in [0.2, 0.25) is 0 Å². The first-order chi connectivity index (χ1) is 7.38. The summed E-state index contributed by atoms with van der Waals surface area (Å²) in [7, 11) is 0.520. The molecular formula is C7H5N4OP3. The predicted molar refractivity (Wildman–Crippen MR) is 60.5 cm³/mol. The largest absolute Gasteiger partial charge is 0.439 e. The molecule has 0 saturated carbocycles. The van der Waals surface area contributed by atoms with Crippen molar-refractivity contribution in [1.29, 1.82) is 5.26 Å². The number of nitrogens with zero attached hydrogens (tertiary/aromatic N) is 3. The van der Waals surface area contributed by atoms with Crippen molar-refractivity contribution in [2.45, 2.75) is 0 Å². The Morgan fingerprint density at radius 1 is 1.40 bits per heavy atom. The summed E-state index contributed by atoms with van der Waals surface area (Å²) in [4.78, 5) is 3.01. The van der Waals surface area contributed by atoms with Crippen LogP contribution in [0.2, 0.25) is 0 Å². The average Bonchev–Trinajstić information content (AvgIpc) is 2.31. The van der Waals surface area contributed by atoms with Gasteiger partial charge in [-0.2, -0.15) is 19.2 Å². The summed E-state index contributed by atoms with van der Waals surface area (Å²) in [5, 5.41) is 8.62. The van der Waals surface area contributed by atoms with E-state index in [-0.39, 0.29) is 0 Å². The molecule has 1 aromatic carbocycles. The Hall–Kier alpha value is -0.900. The van der Waals surface area contributed by atoms with Gasteiger partial charge in [0.1, 0.15) is 14.3 Å². The van der Waals surface area contributed by atoms with Crippen LogP contribution in [0.3, 0.4) is 0 Å². The minimum absolute atomic E-state index is 0.620. The summed E-state index contributed by atoms with van der Waals surface area (Å²) in [5.74, 6) is 0.712. The summed E-state index contributed by atoms with van der Waals surface area (Å²) in [5.41, 5.74) is 0.620. The molecule has 0 aliphatic carbocycles. The van der Waals surface area contributed by atoms with Gasteiger partial charge in [-0.1, -0.05) is 0 Å². The first-order valence-corrected chi connectivity index (χ1v) is 6.79. The molecule has 0 spiro atoms. The van der Waals surface area contributed by atoms with E-state index in [0.717, 1.165) is 8.52 Å². The maximum Gasteiger partial charge on any atom is 0.311 e. The molecule has 1 N–H and O–H groups in total. The minimum atomic E-state index is -0.988. The van der Waals surface area contributed by atoms with Crippen molar-refractivity contribution in [3.63, 3.8) is 0 Å². The summed E-state index contributed by atoms with van der Waals surface area (Å²) in [6.07, 6.45) is 0. The maximum atomic E-state index is 8.62. The molecule has 1 atom stereocenters. The van der Waals surface area contributed by atoms with Gasteiger partial charge < -0.3 is 4.52 Å². The third-order valence-electron chi connectivity index (χ3n) is 1.51. The molecule has 0 radical (unpaired) electrons. The lowest BCUT2D eigenvalue weighted by molar-refractivity contribution is 0.612. The first kappa shape index (κ1) is 10.6. The molecule has 1 heterocycles. The Bertz CT molecular complexity index is 439. The van der Waals surface area contributed by atoms with E-state index in [1.807, 2.05) is 0 Å². The van der Waals surface area contributed by atoms with E-state index < -0.39 is 8.45 Å². The monoisotopic (exact) mass is 254 g/mol. The number of hydrogen-bond donors (Lipinski definition) is 1. The molecular weight excluding hydrogens is 249 g/mol. The molecule has 0 amide bonds. The molecule has 0 aromatic heterocycles. The normalized spacial score (nSPS) is 20.6. The van der Waals surface area contributed by atoms with E-state index in [4.69, 9.17) is 9.79 Å². The lowest BCUT2D eigenvalue weighted by Crippen LogP contribution is -1.95.